The Morgan fingerprint density at radius 1 is 1.07 bits per heavy atom. The molecule has 3 aliphatic rings. The molecule has 2 aromatic rings. The maximum atomic E-state index is 13.6. The first kappa shape index (κ1) is 17.0. The molecular weight excluding hydrogens is 336 g/mol. The first-order chi connectivity index (χ1) is 13.3. The second-order valence-electron chi connectivity index (χ2n) is 8.29. The van der Waals surface area contributed by atoms with Crippen molar-refractivity contribution in [3.8, 4) is 0 Å². The van der Waals surface area contributed by atoms with Gasteiger partial charge >= 0.3 is 0 Å². The number of carbonyl (C=O) groups excluding carboxylic acids is 1. The third-order valence-electron chi connectivity index (χ3n) is 6.18. The lowest BCUT2D eigenvalue weighted by atomic mass is 10.1. The molecule has 1 saturated carbocycles. The molecule has 3 heterocycles. The Hall–Kier alpha value is -2.14. The molecule has 0 unspecified atom stereocenters. The van der Waals surface area contributed by atoms with E-state index < -0.39 is 0 Å². The van der Waals surface area contributed by atoms with Crippen molar-refractivity contribution in [3.05, 3.63) is 35.9 Å². The Bertz CT molecular complexity index is 841. The Kier molecular flexibility index (Phi) is 4.48. The molecule has 1 amide bonds. The lowest BCUT2D eigenvalue weighted by Gasteiger charge is -2.29. The standard InChI is InChI=1S/C22H28N4O/c27-22(26-13-5-6-17(26)15-25-11-3-4-12-25)19-14-21(23-16-9-10-16)24-20-8-2-1-7-18(19)20/h1-2,7-8,14,16-17H,3-6,9-13,15H2,(H,23,24)/t17-/m0/s1. The molecule has 1 aromatic heterocycles. The molecule has 5 rings (SSSR count). The number of amides is 1. The molecular formula is C22H28N4O. The third-order valence-corrected chi connectivity index (χ3v) is 6.18. The number of anilines is 1. The predicted molar refractivity (Wildman–Crippen MR) is 108 cm³/mol. The van der Waals surface area contributed by atoms with E-state index in [4.69, 9.17) is 4.98 Å². The minimum absolute atomic E-state index is 0.175. The van der Waals surface area contributed by atoms with Crippen molar-refractivity contribution in [2.45, 2.75) is 50.6 Å². The zero-order valence-corrected chi connectivity index (χ0v) is 15.9. The van der Waals surface area contributed by atoms with Crippen molar-refractivity contribution in [2.24, 2.45) is 0 Å². The number of pyridine rings is 1. The largest absolute Gasteiger partial charge is 0.367 e. The summed E-state index contributed by atoms with van der Waals surface area (Å²) < 4.78 is 0. The topological polar surface area (TPSA) is 48.5 Å². The smallest absolute Gasteiger partial charge is 0.254 e. The van der Waals surface area contributed by atoms with Crippen LogP contribution in [0.3, 0.4) is 0 Å². The molecule has 27 heavy (non-hydrogen) atoms. The zero-order chi connectivity index (χ0) is 18.2. The fourth-order valence-corrected chi connectivity index (χ4v) is 4.57. The van der Waals surface area contributed by atoms with Gasteiger partial charge in [0.2, 0.25) is 0 Å². The molecule has 3 fully saturated rings. The number of benzene rings is 1. The second-order valence-corrected chi connectivity index (χ2v) is 8.29. The average Bonchev–Trinajstić information content (AvgIpc) is 3.16. The molecule has 5 nitrogen and oxygen atoms in total. The van der Waals surface area contributed by atoms with Crippen LogP contribution >= 0.6 is 0 Å². The average molecular weight is 364 g/mol. The lowest BCUT2D eigenvalue weighted by molar-refractivity contribution is 0.0710. The van der Waals surface area contributed by atoms with Crippen LogP contribution in [-0.2, 0) is 0 Å². The minimum atomic E-state index is 0.175. The van der Waals surface area contributed by atoms with E-state index in [1.54, 1.807) is 0 Å². The minimum Gasteiger partial charge on any atom is -0.367 e. The number of nitrogens with one attached hydrogen (secondary N) is 1. The maximum Gasteiger partial charge on any atom is 0.254 e. The van der Waals surface area contributed by atoms with Gasteiger partial charge in [-0.15, -0.1) is 0 Å². The maximum absolute atomic E-state index is 13.6. The van der Waals surface area contributed by atoms with E-state index >= 15 is 0 Å². The van der Waals surface area contributed by atoms with Gasteiger partial charge in [-0.1, -0.05) is 18.2 Å². The van der Waals surface area contributed by atoms with Crippen LogP contribution in [0, 0.1) is 0 Å². The number of likely N-dealkylation sites (tertiary alicyclic amines) is 2. The summed E-state index contributed by atoms with van der Waals surface area (Å²) >= 11 is 0. The van der Waals surface area contributed by atoms with Crippen LogP contribution in [-0.4, -0.2) is 59.0 Å². The molecule has 0 bridgehead atoms. The highest BCUT2D eigenvalue weighted by Crippen LogP contribution is 2.29. The van der Waals surface area contributed by atoms with Crippen molar-refractivity contribution in [3.63, 3.8) is 0 Å². The molecule has 2 aliphatic heterocycles. The van der Waals surface area contributed by atoms with Gasteiger partial charge in [0.25, 0.3) is 5.91 Å². The molecule has 1 aromatic carbocycles. The van der Waals surface area contributed by atoms with Crippen LogP contribution in [0.1, 0.15) is 48.9 Å². The highest BCUT2D eigenvalue weighted by molar-refractivity contribution is 6.07. The number of fused-ring (bicyclic) bond motifs is 1. The van der Waals surface area contributed by atoms with E-state index in [1.165, 1.54) is 38.8 Å². The Morgan fingerprint density at radius 3 is 2.70 bits per heavy atom. The molecule has 2 saturated heterocycles. The number of nitrogens with zero attached hydrogens (tertiary/aromatic N) is 3. The molecule has 0 spiro atoms. The van der Waals surface area contributed by atoms with Gasteiger partial charge in [0.05, 0.1) is 11.1 Å². The normalized spacial score (nSPS) is 23.3. The van der Waals surface area contributed by atoms with Crippen LogP contribution in [0.4, 0.5) is 5.82 Å². The lowest BCUT2D eigenvalue weighted by Crippen LogP contribution is -2.42. The summed E-state index contributed by atoms with van der Waals surface area (Å²) in [5.41, 5.74) is 1.71. The first-order valence-corrected chi connectivity index (χ1v) is 10.5. The Balaban J connectivity index is 1.44. The van der Waals surface area contributed by atoms with E-state index in [2.05, 4.69) is 15.1 Å². The summed E-state index contributed by atoms with van der Waals surface area (Å²) in [6.45, 7) is 4.28. The number of hydrogen-bond donors (Lipinski definition) is 1. The number of hydrogen-bond acceptors (Lipinski definition) is 4. The number of rotatable bonds is 5. The first-order valence-electron chi connectivity index (χ1n) is 10.5. The van der Waals surface area contributed by atoms with Crippen molar-refractivity contribution in [1.82, 2.24) is 14.8 Å². The van der Waals surface area contributed by atoms with Crippen LogP contribution < -0.4 is 5.32 Å². The van der Waals surface area contributed by atoms with E-state index in [0.29, 0.717) is 12.1 Å². The molecule has 0 radical (unpaired) electrons. The van der Waals surface area contributed by atoms with Crippen LogP contribution in [0.5, 0.6) is 0 Å². The number of para-hydroxylation sites is 1. The van der Waals surface area contributed by atoms with Crippen LogP contribution in [0.2, 0.25) is 0 Å². The van der Waals surface area contributed by atoms with Crippen molar-refractivity contribution < 1.29 is 4.79 Å². The predicted octanol–water partition coefficient (Wildman–Crippen LogP) is 3.51. The van der Waals surface area contributed by atoms with E-state index in [0.717, 1.165) is 48.2 Å². The van der Waals surface area contributed by atoms with E-state index in [9.17, 15) is 4.79 Å². The van der Waals surface area contributed by atoms with E-state index in [1.807, 2.05) is 30.3 Å². The highest BCUT2D eigenvalue weighted by Gasteiger charge is 2.32. The fourth-order valence-electron chi connectivity index (χ4n) is 4.57. The third kappa shape index (κ3) is 3.53. The zero-order valence-electron chi connectivity index (χ0n) is 15.9. The van der Waals surface area contributed by atoms with Gasteiger partial charge in [0.15, 0.2) is 0 Å². The van der Waals surface area contributed by atoms with Gasteiger partial charge < -0.3 is 15.1 Å². The van der Waals surface area contributed by atoms with Gasteiger partial charge in [-0.3, -0.25) is 4.79 Å². The van der Waals surface area contributed by atoms with Gasteiger partial charge in [-0.05, 0) is 63.7 Å². The monoisotopic (exact) mass is 364 g/mol. The molecule has 1 atom stereocenters. The summed E-state index contributed by atoms with van der Waals surface area (Å²) in [4.78, 5) is 22.9. The quantitative estimate of drug-likeness (QED) is 0.882. The fraction of sp³-hybridized carbons (Fsp3) is 0.545. The Morgan fingerprint density at radius 2 is 1.89 bits per heavy atom. The number of carbonyl (C=O) groups is 1. The van der Waals surface area contributed by atoms with Gasteiger partial charge in [0.1, 0.15) is 5.82 Å². The van der Waals surface area contributed by atoms with Gasteiger partial charge in [-0.2, -0.15) is 0 Å². The van der Waals surface area contributed by atoms with Crippen molar-refractivity contribution >= 4 is 22.6 Å². The summed E-state index contributed by atoms with van der Waals surface area (Å²) in [5, 5.41) is 4.44. The van der Waals surface area contributed by atoms with E-state index in [-0.39, 0.29) is 5.91 Å². The highest BCUT2D eigenvalue weighted by atomic mass is 16.2. The molecule has 5 heteroatoms. The molecule has 1 aliphatic carbocycles. The van der Waals surface area contributed by atoms with Crippen LogP contribution in [0.25, 0.3) is 10.9 Å². The summed E-state index contributed by atoms with van der Waals surface area (Å²) in [6.07, 6.45) is 7.22. The summed E-state index contributed by atoms with van der Waals surface area (Å²) in [7, 11) is 0. The van der Waals surface area contributed by atoms with Crippen molar-refractivity contribution in [2.75, 3.05) is 31.5 Å². The Labute approximate surface area is 160 Å². The van der Waals surface area contributed by atoms with Gasteiger partial charge in [-0.25, -0.2) is 4.98 Å². The second kappa shape index (κ2) is 7.12. The molecule has 1 N–H and O–H groups in total. The summed E-state index contributed by atoms with van der Waals surface area (Å²) in [6, 6.07) is 10.9. The van der Waals surface area contributed by atoms with Gasteiger partial charge in [0, 0.05) is 30.6 Å². The van der Waals surface area contributed by atoms with Crippen LogP contribution in [0.15, 0.2) is 30.3 Å². The summed E-state index contributed by atoms with van der Waals surface area (Å²) in [5.74, 6) is 1.02. The number of aromatic nitrogens is 1. The van der Waals surface area contributed by atoms with Crippen molar-refractivity contribution in [1.29, 1.82) is 0 Å². The SMILES string of the molecule is O=C(c1cc(NC2CC2)nc2ccccc12)N1CCC[C@H]1CN1CCCC1. The molecule has 142 valence electrons.